The van der Waals surface area contributed by atoms with Gasteiger partial charge in [-0.3, -0.25) is 4.79 Å². The monoisotopic (exact) mass is 552 g/mol. The molecule has 1 amide bonds. The van der Waals surface area contributed by atoms with Crippen LogP contribution in [0.3, 0.4) is 0 Å². The lowest BCUT2D eigenvalue weighted by atomic mass is 9.92. The first-order chi connectivity index (χ1) is 18.5. The number of hydrogen-bond donors (Lipinski definition) is 0. The highest BCUT2D eigenvalue weighted by Gasteiger charge is 2.33. The van der Waals surface area contributed by atoms with E-state index >= 15 is 0 Å². The van der Waals surface area contributed by atoms with Crippen LogP contribution in [0.2, 0.25) is 0 Å². The Morgan fingerprint density at radius 2 is 1.82 bits per heavy atom. The highest BCUT2D eigenvalue weighted by atomic mass is 35.5. The number of nitrogens with zero attached hydrogens (tertiary/aromatic N) is 4. The number of benzene rings is 2. The van der Waals surface area contributed by atoms with E-state index in [0.717, 1.165) is 92.2 Å². The third-order valence-corrected chi connectivity index (χ3v) is 8.23. The summed E-state index contributed by atoms with van der Waals surface area (Å²) < 4.78 is 17.6. The number of methoxy groups -OCH3 is 2. The maximum atomic E-state index is 12.6. The number of fused-ring (bicyclic) bond motifs is 4. The van der Waals surface area contributed by atoms with E-state index in [9.17, 15) is 4.79 Å². The van der Waals surface area contributed by atoms with E-state index < -0.39 is 0 Å². The second kappa shape index (κ2) is 11.2. The number of ether oxygens (including phenoxy) is 3. The van der Waals surface area contributed by atoms with Gasteiger partial charge in [0.15, 0.2) is 11.5 Å². The summed E-state index contributed by atoms with van der Waals surface area (Å²) in [5.41, 5.74) is 7.53. The summed E-state index contributed by atoms with van der Waals surface area (Å²) in [4.78, 5) is 24.4. The molecule has 1 aromatic heterocycles. The highest BCUT2D eigenvalue weighted by Crippen LogP contribution is 2.50. The molecule has 0 radical (unpaired) electrons. The molecule has 6 rings (SSSR count). The summed E-state index contributed by atoms with van der Waals surface area (Å²) in [5, 5.41) is 0.996. The fourth-order valence-corrected chi connectivity index (χ4v) is 6.20. The van der Waals surface area contributed by atoms with Gasteiger partial charge >= 0.3 is 0 Å². The quantitative estimate of drug-likeness (QED) is 0.319. The van der Waals surface area contributed by atoms with Gasteiger partial charge in [-0.15, -0.1) is 12.4 Å². The van der Waals surface area contributed by atoms with Gasteiger partial charge in [-0.25, -0.2) is 4.98 Å². The van der Waals surface area contributed by atoms with Crippen molar-refractivity contribution in [2.45, 2.75) is 26.2 Å². The summed E-state index contributed by atoms with van der Waals surface area (Å²) in [5.74, 6) is 2.07. The molecule has 208 valence electrons. The van der Waals surface area contributed by atoms with Gasteiger partial charge in [0, 0.05) is 69.6 Å². The maximum Gasteiger partial charge on any atom is 0.223 e. The lowest BCUT2D eigenvalue weighted by molar-refractivity contribution is -0.116. The second-order valence-electron chi connectivity index (χ2n) is 10.5. The van der Waals surface area contributed by atoms with Crippen LogP contribution in [-0.4, -0.2) is 87.8 Å². The van der Waals surface area contributed by atoms with Crippen LogP contribution in [0, 0.1) is 0 Å². The van der Waals surface area contributed by atoms with Crippen LogP contribution < -0.4 is 19.1 Å². The summed E-state index contributed by atoms with van der Waals surface area (Å²) >= 11 is 0. The minimum absolute atomic E-state index is 0. The molecule has 2 aromatic carbocycles. The largest absolute Gasteiger partial charge is 0.494 e. The van der Waals surface area contributed by atoms with Crippen molar-refractivity contribution in [3.63, 3.8) is 0 Å². The van der Waals surface area contributed by atoms with Gasteiger partial charge in [-0.2, -0.15) is 0 Å². The number of carbonyl (C=O) groups excluding carboxylic acids is 1. The Kier molecular flexibility index (Phi) is 7.89. The smallest absolute Gasteiger partial charge is 0.223 e. The Labute approximate surface area is 236 Å². The molecule has 0 N–H and O–H groups in total. The second-order valence-corrected chi connectivity index (χ2v) is 10.5. The molecular formula is C30H37ClN4O4. The molecule has 3 heterocycles. The average Bonchev–Trinajstić information content (AvgIpc) is 3.29. The molecule has 0 saturated carbocycles. The third kappa shape index (κ3) is 4.90. The van der Waals surface area contributed by atoms with Crippen LogP contribution in [0.4, 0.5) is 5.69 Å². The van der Waals surface area contributed by atoms with Crippen LogP contribution in [0.5, 0.6) is 17.2 Å². The molecule has 2 aliphatic heterocycles. The number of carbonyl (C=O) groups is 1. The number of amides is 1. The number of anilines is 1. The Morgan fingerprint density at radius 1 is 1.03 bits per heavy atom. The number of likely N-dealkylation sites (N-methyl/N-ethyl adjacent to an activating group) is 1. The van der Waals surface area contributed by atoms with Crippen molar-refractivity contribution in [3.05, 3.63) is 41.0 Å². The minimum Gasteiger partial charge on any atom is -0.494 e. The number of piperazine rings is 1. The first-order valence-electron chi connectivity index (χ1n) is 13.5. The van der Waals surface area contributed by atoms with Gasteiger partial charge in [-0.1, -0.05) is 0 Å². The molecule has 39 heavy (non-hydrogen) atoms. The highest BCUT2D eigenvalue weighted by molar-refractivity contribution is 6.09. The van der Waals surface area contributed by atoms with Crippen LogP contribution in [0.15, 0.2) is 24.3 Å². The van der Waals surface area contributed by atoms with Crippen molar-refractivity contribution in [2.75, 3.05) is 72.0 Å². The first kappa shape index (κ1) is 27.5. The molecule has 0 spiro atoms. The van der Waals surface area contributed by atoms with E-state index in [1.807, 2.05) is 6.07 Å². The molecule has 0 bridgehead atoms. The van der Waals surface area contributed by atoms with Gasteiger partial charge in [-0.05, 0) is 54.8 Å². The molecule has 1 fully saturated rings. The standard InChI is InChI=1S/C30H36N4O4.ClH/c1-19(35)34-10-8-23-24-17-20-16-21(38-15-5-9-33-13-11-32(2)12-14-33)6-7-22(20)28(24)31-25-18-26(36-3)30(37-4)29(34)27(23)25;/h6-7,16,18H,5,8-15,17H2,1-4H3;1H. The van der Waals surface area contributed by atoms with Crippen molar-refractivity contribution in [1.29, 1.82) is 0 Å². The molecule has 1 saturated heterocycles. The lowest BCUT2D eigenvalue weighted by Gasteiger charge is -2.32. The van der Waals surface area contributed by atoms with Crippen molar-refractivity contribution >= 4 is 34.9 Å². The van der Waals surface area contributed by atoms with Crippen LogP contribution in [0.25, 0.3) is 22.2 Å². The fourth-order valence-electron chi connectivity index (χ4n) is 6.20. The number of halogens is 1. The predicted molar refractivity (Wildman–Crippen MR) is 156 cm³/mol. The summed E-state index contributed by atoms with van der Waals surface area (Å²) in [6, 6.07) is 8.32. The predicted octanol–water partition coefficient (Wildman–Crippen LogP) is 4.17. The minimum atomic E-state index is -0.0123. The zero-order valence-corrected chi connectivity index (χ0v) is 24.0. The van der Waals surface area contributed by atoms with E-state index in [-0.39, 0.29) is 18.3 Å². The molecule has 3 aromatic rings. The Bertz CT molecular complexity index is 1400. The first-order valence-corrected chi connectivity index (χ1v) is 13.5. The van der Waals surface area contributed by atoms with Gasteiger partial charge in [0.1, 0.15) is 5.75 Å². The van der Waals surface area contributed by atoms with Gasteiger partial charge in [0.05, 0.1) is 37.7 Å². The zero-order chi connectivity index (χ0) is 26.4. The Morgan fingerprint density at radius 3 is 2.54 bits per heavy atom. The zero-order valence-electron chi connectivity index (χ0n) is 23.2. The van der Waals surface area contributed by atoms with Gasteiger partial charge in [0.2, 0.25) is 5.91 Å². The maximum absolute atomic E-state index is 12.6. The van der Waals surface area contributed by atoms with Gasteiger partial charge < -0.3 is 28.9 Å². The Balaban J connectivity index is 0.00000308. The Hall–Kier alpha value is -3.07. The molecular weight excluding hydrogens is 516 g/mol. The normalized spacial score (nSPS) is 16.5. The fraction of sp³-hybridized carbons (Fsp3) is 0.467. The summed E-state index contributed by atoms with van der Waals surface area (Å²) in [7, 11) is 5.43. The SMILES string of the molecule is COc1cc2nc3c(c4c2c(c1OC)N(C(C)=O)CC4)Cc1cc(OCCCN2CCN(C)CC2)ccc1-3.Cl. The van der Waals surface area contributed by atoms with E-state index in [1.165, 1.54) is 16.7 Å². The molecule has 0 unspecified atom stereocenters. The molecule has 3 aliphatic rings. The van der Waals surface area contributed by atoms with Crippen molar-refractivity contribution in [1.82, 2.24) is 14.8 Å². The molecule has 8 nitrogen and oxygen atoms in total. The third-order valence-electron chi connectivity index (χ3n) is 8.23. The van der Waals surface area contributed by atoms with Crippen LogP contribution in [-0.2, 0) is 17.6 Å². The van der Waals surface area contributed by atoms with E-state index in [0.29, 0.717) is 18.0 Å². The molecule has 0 atom stereocenters. The number of pyridine rings is 1. The van der Waals surface area contributed by atoms with Crippen molar-refractivity contribution in [2.24, 2.45) is 0 Å². The number of aromatic nitrogens is 1. The van der Waals surface area contributed by atoms with Gasteiger partial charge in [0.25, 0.3) is 0 Å². The molecule has 1 aliphatic carbocycles. The van der Waals surface area contributed by atoms with E-state index in [1.54, 1.807) is 26.0 Å². The van der Waals surface area contributed by atoms with Crippen molar-refractivity contribution < 1.29 is 19.0 Å². The average molecular weight is 553 g/mol. The van der Waals surface area contributed by atoms with E-state index in [4.69, 9.17) is 19.2 Å². The summed E-state index contributed by atoms with van der Waals surface area (Å²) in [6.07, 6.45) is 2.62. The van der Waals surface area contributed by atoms with Crippen LogP contribution >= 0.6 is 12.4 Å². The van der Waals surface area contributed by atoms with Crippen LogP contribution in [0.1, 0.15) is 30.0 Å². The lowest BCUT2D eigenvalue weighted by Crippen LogP contribution is -2.44. The number of rotatable bonds is 7. The summed E-state index contributed by atoms with van der Waals surface area (Å²) in [6.45, 7) is 8.57. The topological polar surface area (TPSA) is 67.4 Å². The number of hydrogen-bond acceptors (Lipinski definition) is 7. The van der Waals surface area contributed by atoms with E-state index in [2.05, 4.69) is 35.0 Å². The molecule has 9 heteroatoms. The van der Waals surface area contributed by atoms with Crippen molar-refractivity contribution in [3.8, 4) is 28.5 Å².